The van der Waals surface area contributed by atoms with Gasteiger partial charge < -0.3 is 9.47 Å². The molecule has 0 spiro atoms. The molecule has 0 saturated heterocycles. The molecule has 0 heterocycles. The van der Waals surface area contributed by atoms with Crippen LogP contribution in [0, 0.1) is 5.92 Å². The fourth-order valence-corrected chi connectivity index (χ4v) is 3.78. The van der Waals surface area contributed by atoms with E-state index in [4.69, 9.17) is 9.47 Å². The number of carbonyl (C=O) groups is 1. The van der Waals surface area contributed by atoms with Gasteiger partial charge in [-0.15, -0.1) is 0 Å². The standard InChI is InChI=1S/C28H52O3/c1-6-10-12-14-16-18-20-30-27(9-4)23-26(22-25(5)8-3)24-28(29)31-21-19-17-15-13-11-7-2/h8-9,26H,6-7,10-24H2,1-5H3/b25-8-,27-9+. The van der Waals surface area contributed by atoms with Crippen molar-refractivity contribution in [3.05, 3.63) is 23.5 Å². The maximum atomic E-state index is 12.4. The van der Waals surface area contributed by atoms with Gasteiger partial charge in [-0.2, -0.15) is 0 Å². The summed E-state index contributed by atoms with van der Waals surface area (Å²) in [6, 6.07) is 0. The van der Waals surface area contributed by atoms with Crippen molar-refractivity contribution in [1.82, 2.24) is 0 Å². The van der Waals surface area contributed by atoms with E-state index in [1.54, 1.807) is 0 Å². The van der Waals surface area contributed by atoms with Crippen molar-refractivity contribution in [1.29, 1.82) is 0 Å². The number of ether oxygens (including phenoxy) is 2. The number of carbonyl (C=O) groups excluding carboxylic acids is 1. The molecule has 0 bridgehead atoms. The van der Waals surface area contributed by atoms with Gasteiger partial charge >= 0.3 is 5.97 Å². The van der Waals surface area contributed by atoms with Crippen molar-refractivity contribution in [2.75, 3.05) is 13.2 Å². The van der Waals surface area contributed by atoms with Gasteiger partial charge in [0.1, 0.15) is 0 Å². The lowest BCUT2D eigenvalue weighted by molar-refractivity contribution is -0.144. The van der Waals surface area contributed by atoms with Gasteiger partial charge in [0.25, 0.3) is 0 Å². The Morgan fingerprint density at radius 1 is 0.677 bits per heavy atom. The molecule has 0 aromatic rings. The van der Waals surface area contributed by atoms with Crippen LogP contribution in [0.1, 0.15) is 131 Å². The Bertz CT molecular complexity index is 479. The van der Waals surface area contributed by atoms with Crippen molar-refractivity contribution < 1.29 is 14.3 Å². The highest BCUT2D eigenvalue weighted by Gasteiger charge is 2.18. The van der Waals surface area contributed by atoms with Gasteiger partial charge in [-0.05, 0) is 52.0 Å². The normalized spacial score (nSPS) is 13.3. The summed E-state index contributed by atoms with van der Waals surface area (Å²) < 4.78 is 11.6. The molecule has 31 heavy (non-hydrogen) atoms. The predicted octanol–water partition coefficient (Wildman–Crippen LogP) is 8.92. The molecule has 0 aliphatic carbocycles. The van der Waals surface area contributed by atoms with Gasteiger partial charge in [-0.1, -0.05) is 89.7 Å². The lowest BCUT2D eigenvalue weighted by atomic mass is 9.92. The number of unbranched alkanes of at least 4 members (excludes halogenated alkanes) is 10. The second kappa shape index (κ2) is 22.0. The van der Waals surface area contributed by atoms with Crippen LogP contribution in [0.3, 0.4) is 0 Å². The van der Waals surface area contributed by atoms with Crippen molar-refractivity contribution >= 4 is 5.97 Å². The molecule has 0 aromatic carbocycles. The average molecular weight is 437 g/mol. The third kappa shape index (κ3) is 19.2. The molecule has 0 aromatic heterocycles. The van der Waals surface area contributed by atoms with E-state index in [9.17, 15) is 4.79 Å². The first kappa shape index (κ1) is 29.8. The number of allylic oxidation sites excluding steroid dienone is 4. The highest BCUT2D eigenvalue weighted by atomic mass is 16.5. The minimum absolute atomic E-state index is 0.0613. The van der Waals surface area contributed by atoms with E-state index in [1.807, 2.05) is 6.92 Å². The van der Waals surface area contributed by atoms with Crippen LogP contribution in [0.2, 0.25) is 0 Å². The highest BCUT2D eigenvalue weighted by Crippen LogP contribution is 2.25. The molecule has 0 fully saturated rings. The second-order valence-electron chi connectivity index (χ2n) is 8.97. The summed E-state index contributed by atoms with van der Waals surface area (Å²) in [5, 5.41) is 0. The van der Waals surface area contributed by atoms with E-state index in [0.717, 1.165) is 44.5 Å². The van der Waals surface area contributed by atoms with E-state index in [-0.39, 0.29) is 11.9 Å². The second-order valence-corrected chi connectivity index (χ2v) is 8.97. The van der Waals surface area contributed by atoms with Crippen LogP contribution >= 0.6 is 0 Å². The fraction of sp³-hybridized carbons (Fsp3) is 0.821. The molecule has 3 nitrogen and oxygen atoms in total. The Morgan fingerprint density at radius 2 is 1.19 bits per heavy atom. The molecule has 0 rings (SSSR count). The first-order valence-electron chi connectivity index (χ1n) is 13.1. The topological polar surface area (TPSA) is 35.5 Å². The third-order valence-electron chi connectivity index (χ3n) is 5.92. The molecule has 0 radical (unpaired) electrons. The lowest BCUT2D eigenvalue weighted by Crippen LogP contribution is -2.14. The number of esters is 1. The van der Waals surface area contributed by atoms with Crippen LogP contribution in [-0.2, 0) is 14.3 Å². The minimum Gasteiger partial charge on any atom is -0.498 e. The van der Waals surface area contributed by atoms with Gasteiger partial charge in [0.2, 0.25) is 0 Å². The first-order valence-corrected chi connectivity index (χ1v) is 13.1. The van der Waals surface area contributed by atoms with E-state index >= 15 is 0 Å². The monoisotopic (exact) mass is 436 g/mol. The average Bonchev–Trinajstić information content (AvgIpc) is 2.76. The SMILES string of the molecule is C/C=C(/C)CC(CC(=O)OCCCCCCCC)C/C(=C\C)OCCCCCCCC. The summed E-state index contributed by atoms with van der Waals surface area (Å²) in [5.74, 6) is 1.20. The molecule has 0 aliphatic rings. The van der Waals surface area contributed by atoms with Crippen LogP contribution in [0.25, 0.3) is 0 Å². The van der Waals surface area contributed by atoms with Crippen LogP contribution in [-0.4, -0.2) is 19.2 Å². The highest BCUT2D eigenvalue weighted by molar-refractivity contribution is 5.69. The summed E-state index contributed by atoms with van der Waals surface area (Å²) in [6.07, 6.45) is 21.3. The van der Waals surface area contributed by atoms with Crippen LogP contribution in [0.15, 0.2) is 23.5 Å². The zero-order chi connectivity index (χ0) is 23.2. The number of hydrogen-bond acceptors (Lipinski definition) is 3. The van der Waals surface area contributed by atoms with Gasteiger partial charge in [0.15, 0.2) is 0 Å². The minimum atomic E-state index is -0.0613. The largest absolute Gasteiger partial charge is 0.498 e. The van der Waals surface area contributed by atoms with Gasteiger partial charge in [0, 0.05) is 12.8 Å². The van der Waals surface area contributed by atoms with Crippen molar-refractivity contribution in [2.24, 2.45) is 5.92 Å². The van der Waals surface area contributed by atoms with Crippen molar-refractivity contribution in [2.45, 2.75) is 131 Å². The molecule has 182 valence electrons. The van der Waals surface area contributed by atoms with Gasteiger partial charge in [-0.3, -0.25) is 4.79 Å². The van der Waals surface area contributed by atoms with E-state index in [0.29, 0.717) is 13.0 Å². The lowest BCUT2D eigenvalue weighted by Gasteiger charge is -2.19. The third-order valence-corrected chi connectivity index (χ3v) is 5.92. The van der Waals surface area contributed by atoms with Crippen molar-refractivity contribution in [3.8, 4) is 0 Å². The van der Waals surface area contributed by atoms with E-state index < -0.39 is 0 Å². The zero-order valence-corrected chi connectivity index (χ0v) is 21.5. The molecular weight excluding hydrogens is 384 g/mol. The Morgan fingerprint density at radius 3 is 1.71 bits per heavy atom. The van der Waals surface area contributed by atoms with Gasteiger partial charge in [0.05, 0.1) is 19.0 Å². The van der Waals surface area contributed by atoms with Crippen LogP contribution in [0.5, 0.6) is 0 Å². The summed E-state index contributed by atoms with van der Waals surface area (Å²) in [7, 11) is 0. The van der Waals surface area contributed by atoms with Crippen LogP contribution < -0.4 is 0 Å². The van der Waals surface area contributed by atoms with Gasteiger partial charge in [-0.25, -0.2) is 0 Å². The molecule has 0 saturated carbocycles. The zero-order valence-electron chi connectivity index (χ0n) is 21.5. The van der Waals surface area contributed by atoms with Crippen LogP contribution in [0.4, 0.5) is 0 Å². The molecule has 3 heteroatoms. The fourth-order valence-electron chi connectivity index (χ4n) is 3.78. The summed E-state index contributed by atoms with van der Waals surface area (Å²) in [6.45, 7) is 12.1. The molecule has 0 N–H and O–H groups in total. The van der Waals surface area contributed by atoms with E-state index in [1.165, 1.54) is 63.4 Å². The quantitative estimate of drug-likeness (QED) is 0.0779. The summed E-state index contributed by atoms with van der Waals surface area (Å²) in [4.78, 5) is 12.4. The molecular formula is C28H52O3. The molecule has 1 unspecified atom stereocenters. The summed E-state index contributed by atoms with van der Waals surface area (Å²) >= 11 is 0. The Kier molecular flexibility index (Phi) is 21.1. The molecule has 0 amide bonds. The Labute approximate surface area is 194 Å². The molecule has 0 aliphatic heterocycles. The molecule has 1 atom stereocenters. The van der Waals surface area contributed by atoms with Crippen molar-refractivity contribution in [3.63, 3.8) is 0 Å². The first-order chi connectivity index (χ1) is 15.1. The summed E-state index contributed by atoms with van der Waals surface area (Å²) in [5.41, 5.74) is 1.32. The number of rotatable bonds is 21. The number of hydrogen-bond donors (Lipinski definition) is 0. The maximum absolute atomic E-state index is 12.4. The predicted molar refractivity (Wildman–Crippen MR) is 134 cm³/mol. The Balaban J connectivity index is 4.32. The Hall–Kier alpha value is -1.25. The maximum Gasteiger partial charge on any atom is 0.306 e. The van der Waals surface area contributed by atoms with E-state index in [2.05, 4.69) is 39.8 Å². The smallest absolute Gasteiger partial charge is 0.306 e.